The molecule has 1 aromatic rings. The zero-order valence-corrected chi connectivity index (χ0v) is 7.99. The molecule has 14 heavy (non-hydrogen) atoms. The van der Waals surface area contributed by atoms with Gasteiger partial charge < -0.3 is 10.6 Å². The Morgan fingerprint density at radius 1 is 1.64 bits per heavy atom. The fraction of sp³-hybridized carbons (Fsp3) is 0.500. The summed E-state index contributed by atoms with van der Waals surface area (Å²) in [6.07, 6.45) is 2.61. The number of hydrogen-bond acceptors (Lipinski definition) is 3. The predicted octanol–water partition coefficient (Wildman–Crippen LogP) is 1.46. The van der Waals surface area contributed by atoms with Gasteiger partial charge in [-0.2, -0.15) is 0 Å². The summed E-state index contributed by atoms with van der Waals surface area (Å²) in [5.41, 5.74) is 6.46. The molecule has 1 aliphatic rings. The minimum absolute atomic E-state index is 0.149. The molecule has 0 aliphatic carbocycles. The van der Waals surface area contributed by atoms with Crippen molar-refractivity contribution < 1.29 is 4.39 Å². The number of hydrogen-bond donors (Lipinski definition) is 1. The van der Waals surface area contributed by atoms with Crippen LogP contribution in [0.3, 0.4) is 0 Å². The second kappa shape index (κ2) is 3.82. The molecule has 0 radical (unpaired) electrons. The van der Waals surface area contributed by atoms with Crippen LogP contribution in [0, 0.1) is 5.92 Å². The third-order valence-corrected chi connectivity index (χ3v) is 2.62. The minimum atomic E-state index is -0.247. The Kier molecular flexibility index (Phi) is 2.52. The van der Waals surface area contributed by atoms with Gasteiger partial charge in [-0.3, -0.25) is 4.39 Å². The number of anilines is 2. The molecule has 2 N–H and O–H groups in total. The van der Waals surface area contributed by atoms with E-state index in [1.54, 1.807) is 6.20 Å². The van der Waals surface area contributed by atoms with Crippen LogP contribution in [0.1, 0.15) is 6.42 Å². The Labute approximate surface area is 82.7 Å². The van der Waals surface area contributed by atoms with Crippen LogP contribution < -0.4 is 10.6 Å². The molecule has 76 valence electrons. The van der Waals surface area contributed by atoms with Crippen molar-refractivity contribution in [2.45, 2.75) is 6.42 Å². The Morgan fingerprint density at radius 2 is 2.50 bits per heavy atom. The zero-order valence-electron chi connectivity index (χ0n) is 7.99. The molecule has 0 aromatic carbocycles. The summed E-state index contributed by atoms with van der Waals surface area (Å²) >= 11 is 0. The van der Waals surface area contributed by atoms with Crippen LogP contribution in [0.25, 0.3) is 0 Å². The van der Waals surface area contributed by atoms with Gasteiger partial charge in [0.2, 0.25) is 0 Å². The van der Waals surface area contributed by atoms with Gasteiger partial charge in [-0.05, 0) is 18.6 Å². The molecule has 0 bridgehead atoms. The summed E-state index contributed by atoms with van der Waals surface area (Å²) in [6.45, 7) is 1.34. The number of halogens is 1. The molecule has 2 rings (SSSR count). The first-order valence-electron chi connectivity index (χ1n) is 4.82. The highest BCUT2D eigenvalue weighted by atomic mass is 19.1. The van der Waals surface area contributed by atoms with Crippen molar-refractivity contribution in [2.75, 3.05) is 30.4 Å². The fourth-order valence-corrected chi connectivity index (χ4v) is 1.82. The van der Waals surface area contributed by atoms with Gasteiger partial charge in [0.1, 0.15) is 0 Å². The summed E-state index contributed by atoms with van der Waals surface area (Å²) < 4.78 is 12.4. The molecule has 2 heterocycles. The monoisotopic (exact) mass is 195 g/mol. The first kappa shape index (κ1) is 9.24. The lowest BCUT2D eigenvalue weighted by Crippen LogP contribution is -2.22. The highest BCUT2D eigenvalue weighted by Gasteiger charge is 2.24. The third-order valence-electron chi connectivity index (χ3n) is 2.62. The topological polar surface area (TPSA) is 42.1 Å². The number of nitrogens with zero attached hydrogens (tertiary/aromatic N) is 2. The number of nitrogens with two attached hydrogens (primary N) is 1. The second-order valence-electron chi connectivity index (χ2n) is 3.67. The largest absolute Gasteiger partial charge is 0.396 e. The maximum atomic E-state index is 12.4. The van der Waals surface area contributed by atoms with E-state index in [0.717, 1.165) is 25.3 Å². The number of pyridine rings is 1. The fourth-order valence-electron chi connectivity index (χ4n) is 1.82. The predicted molar refractivity (Wildman–Crippen MR) is 54.9 cm³/mol. The number of nitrogen functional groups attached to an aromatic ring is 1. The van der Waals surface area contributed by atoms with Gasteiger partial charge in [-0.25, -0.2) is 4.98 Å². The second-order valence-corrected chi connectivity index (χ2v) is 3.67. The average Bonchev–Trinajstić information content (AvgIpc) is 2.67. The molecule has 1 saturated heterocycles. The van der Waals surface area contributed by atoms with Crippen LogP contribution in [0.4, 0.5) is 15.9 Å². The van der Waals surface area contributed by atoms with E-state index in [4.69, 9.17) is 5.73 Å². The molecule has 0 saturated carbocycles. The summed E-state index contributed by atoms with van der Waals surface area (Å²) in [6, 6.07) is 3.63. The van der Waals surface area contributed by atoms with Gasteiger partial charge in [0, 0.05) is 25.2 Å². The minimum Gasteiger partial charge on any atom is -0.396 e. The molecule has 1 aromatic heterocycles. The number of alkyl halides is 1. The number of rotatable bonds is 2. The van der Waals surface area contributed by atoms with E-state index in [0.29, 0.717) is 5.69 Å². The van der Waals surface area contributed by atoms with Crippen LogP contribution in [0.2, 0.25) is 0 Å². The Balaban J connectivity index is 2.13. The Bertz CT molecular complexity index is 316. The van der Waals surface area contributed by atoms with Crippen molar-refractivity contribution in [3.05, 3.63) is 18.3 Å². The normalized spacial score (nSPS) is 21.5. The highest BCUT2D eigenvalue weighted by Crippen LogP contribution is 2.26. The summed E-state index contributed by atoms with van der Waals surface area (Å²) in [5, 5.41) is 0. The van der Waals surface area contributed by atoms with Gasteiger partial charge in [-0.1, -0.05) is 0 Å². The maximum absolute atomic E-state index is 12.4. The molecule has 3 nitrogen and oxygen atoms in total. The number of aromatic nitrogens is 1. The van der Waals surface area contributed by atoms with E-state index in [1.807, 2.05) is 12.1 Å². The van der Waals surface area contributed by atoms with Gasteiger partial charge in [-0.15, -0.1) is 0 Å². The summed E-state index contributed by atoms with van der Waals surface area (Å²) in [4.78, 5) is 6.26. The molecule has 0 spiro atoms. The van der Waals surface area contributed by atoms with Gasteiger partial charge in [0.05, 0.1) is 12.4 Å². The third kappa shape index (κ3) is 1.64. The molecule has 0 unspecified atom stereocenters. The van der Waals surface area contributed by atoms with Crippen LogP contribution in [-0.4, -0.2) is 24.7 Å². The molecule has 1 atom stereocenters. The van der Waals surface area contributed by atoms with Crippen LogP contribution >= 0.6 is 0 Å². The first-order chi connectivity index (χ1) is 6.81. The van der Waals surface area contributed by atoms with E-state index in [1.165, 1.54) is 0 Å². The van der Waals surface area contributed by atoms with Crippen molar-refractivity contribution in [3.63, 3.8) is 0 Å². The van der Waals surface area contributed by atoms with E-state index in [2.05, 4.69) is 9.88 Å². The van der Waals surface area contributed by atoms with Crippen molar-refractivity contribution in [2.24, 2.45) is 5.92 Å². The van der Waals surface area contributed by atoms with Gasteiger partial charge >= 0.3 is 0 Å². The summed E-state index contributed by atoms with van der Waals surface area (Å²) in [5.74, 6) is 0.944. The van der Waals surface area contributed by atoms with Crippen LogP contribution in [0.15, 0.2) is 18.3 Å². The standard InChI is InChI=1S/C10H14FN3/c11-6-8-3-5-14(7-8)10-9(12)2-1-4-13-10/h1-2,4,8H,3,5-7,12H2/t8-/m1/s1. The van der Waals surface area contributed by atoms with Crippen molar-refractivity contribution in [1.29, 1.82) is 0 Å². The molecular weight excluding hydrogens is 181 g/mol. The molecular formula is C10H14FN3. The van der Waals surface area contributed by atoms with E-state index >= 15 is 0 Å². The Hall–Kier alpha value is -1.32. The van der Waals surface area contributed by atoms with Crippen molar-refractivity contribution in [3.8, 4) is 0 Å². The van der Waals surface area contributed by atoms with E-state index in [-0.39, 0.29) is 12.6 Å². The van der Waals surface area contributed by atoms with E-state index in [9.17, 15) is 4.39 Å². The van der Waals surface area contributed by atoms with Crippen LogP contribution in [-0.2, 0) is 0 Å². The smallest absolute Gasteiger partial charge is 0.151 e. The first-order valence-corrected chi connectivity index (χ1v) is 4.82. The molecule has 0 amide bonds. The van der Waals surface area contributed by atoms with E-state index < -0.39 is 0 Å². The maximum Gasteiger partial charge on any atom is 0.151 e. The van der Waals surface area contributed by atoms with Gasteiger partial charge in [0.25, 0.3) is 0 Å². The molecule has 4 heteroatoms. The Morgan fingerprint density at radius 3 is 3.14 bits per heavy atom. The molecule has 1 fully saturated rings. The van der Waals surface area contributed by atoms with Gasteiger partial charge in [0.15, 0.2) is 5.82 Å². The molecule has 1 aliphatic heterocycles. The van der Waals surface area contributed by atoms with Crippen molar-refractivity contribution >= 4 is 11.5 Å². The lowest BCUT2D eigenvalue weighted by Gasteiger charge is -2.18. The average molecular weight is 195 g/mol. The summed E-state index contributed by atoms with van der Waals surface area (Å²) in [7, 11) is 0. The SMILES string of the molecule is Nc1cccnc1N1CC[C@H](CF)C1. The van der Waals surface area contributed by atoms with Crippen molar-refractivity contribution in [1.82, 2.24) is 4.98 Å². The zero-order chi connectivity index (χ0) is 9.97. The highest BCUT2D eigenvalue weighted by molar-refractivity contribution is 5.62. The quantitative estimate of drug-likeness (QED) is 0.776. The lowest BCUT2D eigenvalue weighted by atomic mass is 10.1. The lowest BCUT2D eigenvalue weighted by molar-refractivity contribution is 0.384. The van der Waals surface area contributed by atoms with Crippen LogP contribution in [0.5, 0.6) is 0 Å².